The van der Waals surface area contributed by atoms with E-state index in [0.717, 1.165) is 17.5 Å². The summed E-state index contributed by atoms with van der Waals surface area (Å²) >= 11 is 0. The van der Waals surface area contributed by atoms with Crippen LogP contribution in [0.25, 0.3) is 22.8 Å². The fourth-order valence-corrected chi connectivity index (χ4v) is 3.62. The van der Waals surface area contributed by atoms with Crippen LogP contribution in [0.15, 0.2) is 83.5 Å². The van der Waals surface area contributed by atoms with Gasteiger partial charge in [0.25, 0.3) is 11.8 Å². The van der Waals surface area contributed by atoms with Crippen molar-refractivity contribution in [1.82, 2.24) is 20.0 Å². The maximum Gasteiger partial charge on any atom is 0.272 e. The summed E-state index contributed by atoms with van der Waals surface area (Å²) in [6.07, 6.45) is 2.25. The highest BCUT2D eigenvalue weighted by Gasteiger charge is 2.29. The molecule has 2 aromatic carbocycles. The van der Waals surface area contributed by atoms with Gasteiger partial charge in [-0.1, -0.05) is 53.7 Å². The van der Waals surface area contributed by atoms with Crippen molar-refractivity contribution in [3.8, 4) is 28.6 Å². The minimum absolute atomic E-state index is 0.0793. The predicted molar refractivity (Wildman–Crippen MR) is 114 cm³/mol. The number of para-hydroxylation sites is 1. The SMILES string of the molecule is O=C(c1ccccn1)N1CCC(Oc2ccccc2-c2nc(-c3ccccc3)no2)C1. The maximum atomic E-state index is 12.6. The molecule has 0 bridgehead atoms. The Kier molecular flexibility index (Phi) is 5.14. The molecule has 0 radical (unpaired) electrons. The number of amides is 1. The van der Waals surface area contributed by atoms with Crippen molar-refractivity contribution in [2.75, 3.05) is 13.1 Å². The summed E-state index contributed by atoms with van der Waals surface area (Å²) < 4.78 is 11.8. The highest BCUT2D eigenvalue weighted by atomic mass is 16.5. The van der Waals surface area contributed by atoms with Crippen LogP contribution < -0.4 is 4.74 Å². The first-order valence-electron chi connectivity index (χ1n) is 10.1. The maximum absolute atomic E-state index is 12.6. The summed E-state index contributed by atoms with van der Waals surface area (Å²) in [4.78, 5) is 23.1. The van der Waals surface area contributed by atoms with E-state index >= 15 is 0 Å². The zero-order valence-corrected chi connectivity index (χ0v) is 16.7. The number of hydrogen-bond acceptors (Lipinski definition) is 6. The summed E-state index contributed by atoms with van der Waals surface area (Å²) in [5.74, 6) is 1.50. The Morgan fingerprint density at radius 1 is 1.00 bits per heavy atom. The van der Waals surface area contributed by atoms with Gasteiger partial charge in [0, 0.05) is 24.7 Å². The second-order valence-corrected chi connectivity index (χ2v) is 7.28. The second kappa shape index (κ2) is 8.39. The molecule has 0 spiro atoms. The number of aromatic nitrogens is 3. The third-order valence-corrected chi connectivity index (χ3v) is 5.19. The van der Waals surface area contributed by atoms with Crippen LogP contribution in [0.5, 0.6) is 5.75 Å². The van der Waals surface area contributed by atoms with Gasteiger partial charge < -0.3 is 14.2 Å². The molecule has 3 heterocycles. The lowest BCUT2D eigenvalue weighted by molar-refractivity contribution is 0.0766. The molecule has 1 saturated heterocycles. The van der Waals surface area contributed by atoms with Gasteiger partial charge in [0.05, 0.1) is 12.1 Å². The van der Waals surface area contributed by atoms with E-state index in [1.807, 2.05) is 60.7 Å². The number of nitrogens with zero attached hydrogens (tertiary/aromatic N) is 4. The van der Waals surface area contributed by atoms with Crippen molar-refractivity contribution in [3.05, 3.63) is 84.7 Å². The van der Waals surface area contributed by atoms with Gasteiger partial charge in [-0.2, -0.15) is 4.98 Å². The van der Waals surface area contributed by atoms with Crippen molar-refractivity contribution < 1.29 is 14.1 Å². The lowest BCUT2D eigenvalue weighted by Gasteiger charge is -2.17. The first kappa shape index (κ1) is 19.0. The zero-order chi connectivity index (χ0) is 21.0. The predicted octanol–water partition coefficient (Wildman–Crippen LogP) is 4.09. The third-order valence-electron chi connectivity index (χ3n) is 5.19. The lowest BCUT2D eigenvalue weighted by Crippen LogP contribution is -2.31. The number of rotatable bonds is 5. The molecule has 7 heteroatoms. The van der Waals surface area contributed by atoms with Gasteiger partial charge in [-0.25, -0.2) is 0 Å². The summed E-state index contributed by atoms with van der Waals surface area (Å²) in [5.41, 5.74) is 2.06. The van der Waals surface area contributed by atoms with Gasteiger partial charge in [-0.3, -0.25) is 9.78 Å². The normalized spacial score (nSPS) is 15.7. The quantitative estimate of drug-likeness (QED) is 0.491. The van der Waals surface area contributed by atoms with Crippen LogP contribution >= 0.6 is 0 Å². The molecule has 1 amide bonds. The molecule has 0 aliphatic carbocycles. The minimum Gasteiger partial charge on any atom is -0.488 e. The van der Waals surface area contributed by atoms with E-state index in [-0.39, 0.29) is 12.0 Å². The van der Waals surface area contributed by atoms with Crippen molar-refractivity contribution in [2.24, 2.45) is 0 Å². The molecule has 5 rings (SSSR count). The largest absolute Gasteiger partial charge is 0.488 e. The molecule has 0 N–H and O–H groups in total. The van der Waals surface area contributed by atoms with E-state index < -0.39 is 0 Å². The monoisotopic (exact) mass is 412 g/mol. The fraction of sp³-hybridized carbons (Fsp3) is 0.167. The average molecular weight is 412 g/mol. The van der Waals surface area contributed by atoms with Gasteiger partial charge in [0.2, 0.25) is 5.82 Å². The number of carbonyl (C=O) groups is 1. The topological polar surface area (TPSA) is 81.4 Å². The molecule has 7 nitrogen and oxygen atoms in total. The molecular formula is C24H20N4O3. The fourth-order valence-electron chi connectivity index (χ4n) is 3.62. The molecule has 1 fully saturated rings. The Bertz CT molecular complexity index is 1180. The molecule has 31 heavy (non-hydrogen) atoms. The van der Waals surface area contributed by atoms with Gasteiger partial charge in [-0.15, -0.1) is 0 Å². The summed E-state index contributed by atoms with van der Waals surface area (Å²) in [7, 11) is 0. The van der Waals surface area contributed by atoms with Gasteiger partial charge in [-0.05, 0) is 24.3 Å². The number of carbonyl (C=O) groups excluding carboxylic acids is 1. The Hall–Kier alpha value is -4.00. The Labute approximate surface area is 179 Å². The van der Waals surface area contributed by atoms with E-state index in [0.29, 0.717) is 36.2 Å². The number of pyridine rings is 1. The summed E-state index contributed by atoms with van der Waals surface area (Å²) in [5, 5.41) is 4.10. The molecule has 0 saturated carbocycles. The lowest BCUT2D eigenvalue weighted by atomic mass is 10.2. The zero-order valence-electron chi connectivity index (χ0n) is 16.7. The van der Waals surface area contributed by atoms with E-state index in [2.05, 4.69) is 15.1 Å². The van der Waals surface area contributed by atoms with Crippen LogP contribution in [0.3, 0.4) is 0 Å². The molecule has 1 unspecified atom stereocenters. The molecule has 154 valence electrons. The van der Waals surface area contributed by atoms with Crippen LogP contribution in [0, 0.1) is 0 Å². The molecule has 1 aliphatic rings. The van der Waals surface area contributed by atoms with E-state index in [1.54, 1.807) is 23.2 Å². The summed E-state index contributed by atoms with van der Waals surface area (Å²) in [6.45, 7) is 1.13. The third kappa shape index (κ3) is 4.02. The number of likely N-dealkylation sites (tertiary alicyclic amines) is 1. The van der Waals surface area contributed by atoms with Crippen molar-refractivity contribution in [1.29, 1.82) is 0 Å². The van der Waals surface area contributed by atoms with Crippen LogP contribution in [-0.4, -0.2) is 45.1 Å². The molecule has 2 aromatic heterocycles. The van der Waals surface area contributed by atoms with E-state index in [9.17, 15) is 4.79 Å². The van der Waals surface area contributed by atoms with E-state index in [1.165, 1.54) is 0 Å². The van der Waals surface area contributed by atoms with Crippen LogP contribution in [-0.2, 0) is 0 Å². The van der Waals surface area contributed by atoms with Crippen molar-refractivity contribution in [2.45, 2.75) is 12.5 Å². The molecule has 1 atom stereocenters. The van der Waals surface area contributed by atoms with E-state index in [4.69, 9.17) is 9.26 Å². The highest BCUT2D eigenvalue weighted by Crippen LogP contribution is 2.32. The Morgan fingerprint density at radius 2 is 1.81 bits per heavy atom. The Morgan fingerprint density at radius 3 is 2.65 bits per heavy atom. The number of hydrogen-bond donors (Lipinski definition) is 0. The first-order valence-corrected chi connectivity index (χ1v) is 10.1. The van der Waals surface area contributed by atoms with Crippen molar-refractivity contribution >= 4 is 5.91 Å². The standard InChI is InChI=1S/C24H20N4O3/c29-24(20-11-6-7-14-25-20)28-15-13-18(16-28)30-21-12-5-4-10-19(21)23-26-22(27-31-23)17-8-2-1-3-9-17/h1-12,14,18H,13,15-16H2. The molecular weight excluding hydrogens is 392 g/mol. The Balaban J connectivity index is 1.32. The molecule has 4 aromatic rings. The van der Waals surface area contributed by atoms with Crippen LogP contribution in [0.1, 0.15) is 16.9 Å². The highest BCUT2D eigenvalue weighted by molar-refractivity contribution is 5.92. The second-order valence-electron chi connectivity index (χ2n) is 7.28. The van der Waals surface area contributed by atoms with Crippen LogP contribution in [0.4, 0.5) is 0 Å². The molecule has 1 aliphatic heterocycles. The first-order chi connectivity index (χ1) is 15.3. The smallest absolute Gasteiger partial charge is 0.272 e. The van der Waals surface area contributed by atoms with Gasteiger partial charge in [0.15, 0.2) is 0 Å². The number of benzene rings is 2. The minimum atomic E-state index is -0.120. The van der Waals surface area contributed by atoms with Gasteiger partial charge >= 0.3 is 0 Å². The number of ether oxygens (including phenoxy) is 1. The summed E-state index contributed by atoms with van der Waals surface area (Å²) in [6, 6.07) is 22.6. The average Bonchev–Trinajstić information content (AvgIpc) is 3.50. The van der Waals surface area contributed by atoms with Crippen molar-refractivity contribution in [3.63, 3.8) is 0 Å². The van der Waals surface area contributed by atoms with Gasteiger partial charge in [0.1, 0.15) is 17.5 Å². The van der Waals surface area contributed by atoms with Crippen LogP contribution in [0.2, 0.25) is 0 Å².